The number of hydrogen-bond donors (Lipinski definition) is 0. The van der Waals surface area contributed by atoms with Gasteiger partial charge in [0.1, 0.15) is 5.82 Å². The van der Waals surface area contributed by atoms with Crippen LogP contribution in [0.15, 0.2) is 24.4 Å². The van der Waals surface area contributed by atoms with Crippen molar-refractivity contribution >= 4 is 29.4 Å². The van der Waals surface area contributed by atoms with Gasteiger partial charge in [0.25, 0.3) is 0 Å². The van der Waals surface area contributed by atoms with Crippen molar-refractivity contribution in [3.8, 4) is 0 Å². The van der Waals surface area contributed by atoms with E-state index in [0.29, 0.717) is 18.1 Å². The zero-order chi connectivity index (χ0) is 19.1. The molecule has 0 bridgehead atoms. The van der Waals surface area contributed by atoms with Crippen LogP contribution in [0.1, 0.15) is 25.7 Å². The number of nitrogens with zero attached hydrogens (tertiary/aromatic N) is 4. The van der Waals surface area contributed by atoms with Gasteiger partial charge in [-0.1, -0.05) is 6.07 Å². The summed E-state index contributed by atoms with van der Waals surface area (Å²) in [6.07, 6.45) is 7.45. The topological polar surface area (TPSA) is 56.8 Å². The molecule has 3 rings (SSSR count). The van der Waals surface area contributed by atoms with Crippen LogP contribution in [0.25, 0.3) is 0 Å². The second-order valence-electron chi connectivity index (χ2n) is 7.38. The highest BCUT2D eigenvalue weighted by atomic mass is 32.2. The van der Waals surface area contributed by atoms with Gasteiger partial charge in [0, 0.05) is 51.9 Å². The minimum absolute atomic E-state index is 0.240. The number of pyridine rings is 1. The van der Waals surface area contributed by atoms with E-state index in [1.54, 1.807) is 11.8 Å². The number of piperidine rings is 1. The molecule has 1 aromatic heterocycles. The minimum atomic E-state index is 0.240. The second-order valence-corrected chi connectivity index (χ2v) is 8.24. The van der Waals surface area contributed by atoms with E-state index in [4.69, 9.17) is 0 Å². The molecule has 2 fully saturated rings. The molecule has 3 heterocycles. The molecule has 0 aromatic carbocycles. The number of thioether (sulfide) groups is 1. The van der Waals surface area contributed by atoms with E-state index in [-0.39, 0.29) is 11.8 Å². The highest BCUT2D eigenvalue weighted by Gasteiger charge is 2.26. The molecule has 148 valence electrons. The third-order valence-electron chi connectivity index (χ3n) is 5.51. The Balaban J connectivity index is 1.40. The van der Waals surface area contributed by atoms with Crippen LogP contribution in [0.3, 0.4) is 0 Å². The second kappa shape index (κ2) is 9.97. The van der Waals surface area contributed by atoms with Crippen LogP contribution in [0.4, 0.5) is 5.82 Å². The summed E-state index contributed by atoms with van der Waals surface area (Å²) in [6.45, 7) is 4.89. The minimum Gasteiger partial charge on any atom is -0.353 e. The summed E-state index contributed by atoms with van der Waals surface area (Å²) >= 11 is 1.58. The molecule has 1 unspecified atom stereocenters. The van der Waals surface area contributed by atoms with E-state index >= 15 is 0 Å². The number of carbonyl (C=O) groups is 2. The van der Waals surface area contributed by atoms with Gasteiger partial charge in [-0.2, -0.15) is 11.8 Å². The van der Waals surface area contributed by atoms with E-state index in [0.717, 1.165) is 64.3 Å². The first-order chi connectivity index (χ1) is 13.2. The molecule has 2 saturated heterocycles. The third kappa shape index (κ3) is 5.61. The Kier molecular flexibility index (Phi) is 7.38. The molecule has 1 aromatic rings. The average Bonchev–Trinajstić information content (AvgIpc) is 2.73. The largest absolute Gasteiger partial charge is 0.353 e. The van der Waals surface area contributed by atoms with Gasteiger partial charge in [-0.25, -0.2) is 4.98 Å². The van der Waals surface area contributed by atoms with Crippen LogP contribution in [0.2, 0.25) is 0 Å². The van der Waals surface area contributed by atoms with E-state index in [9.17, 15) is 9.59 Å². The van der Waals surface area contributed by atoms with Crippen molar-refractivity contribution in [1.29, 1.82) is 0 Å². The molecule has 0 spiro atoms. The van der Waals surface area contributed by atoms with E-state index in [1.807, 2.05) is 40.5 Å². The van der Waals surface area contributed by atoms with Gasteiger partial charge >= 0.3 is 0 Å². The molecule has 0 radical (unpaired) electrons. The van der Waals surface area contributed by atoms with Gasteiger partial charge in [0.2, 0.25) is 11.8 Å². The number of piperazine rings is 1. The van der Waals surface area contributed by atoms with Crippen LogP contribution in [-0.4, -0.2) is 77.9 Å². The lowest BCUT2D eigenvalue weighted by Crippen LogP contribution is -2.49. The van der Waals surface area contributed by atoms with Gasteiger partial charge < -0.3 is 14.7 Å². The maximum absolute atomic E-state index is 12.6. The maximum atomic E-state index is 12.6. The molecule has 2 aliphatic heterocycles. The number of carbonyl (C=O) groups excluding carboxylic acids is 2. The first-order valence-corrected chi connectivity index (χ1v) is 11.3. The summed E-state index contributed by atoms with van der Waals surface area (Å²) in [7, 11) is 0. The fourth-order valence-electron chi connectivity index (χ4n) is 3.95. The molecule has 0 N–H and O–H groups in total. The third-order valence-corrected chi connectivity index (χ3v) is 6.05. The Labute approximate surface area is 166 Å². The number of aromatic nitrogens is 1. The summed E-state index contributed by atoms with van der Waals surface area (Å²) in [5.41, 5.74) is 0. The molecule has 2 aliphatic rings. The first kappa shape index (κ1) is 20.0. The Morgan fingerprint density at radius 1 is 1.11 bits per heavy atom. The first-order valence-electron chi connectivity index (χ1n) is 9.88. The van der Waals surface area contributed by atoms with Gasteiger partial charge in [0.15, 0.2) is 0 Å². The number of rotatable bonds is 6. The monoisotopic (exact) mass is 390 g/mol. The normalized spacial score (nSPS) is 20.6. The smallest absolute Gasteiger partial charge is 0.232 e. The fraction of sp³-hybridized carbons (Fsp3) is 0.650. The van der Waals surface area contributed by atoms with Crippen molar-refractivity contribution in [2.75, 3.05) is 56.2 Å². The Bertz CT molecular complexity index is 620. The highest BCUT2D eigenvalue weighted by Crippen LogP contribution is 2.22. The zero-order valence-electron chi connectivity index (χ0n) is 16.2. The molecular formula is C20H30N4O2S. The van der Waals surface area contributed by atoms with Crippen molar-refractivity contribution in [2.24, 2.45) is 5.92 Å². The average molecular weight is 391 g/mol. The van der Waals surface area contributed by atoms with E-state index < -0.39 is 0 Å². The van der Waals surface area contributed by atoms with Gasteiger partial charge in [0.05, 0.1) is 5.75 Å². The molecule has 6 nitrogen and oxygen atoms in total. The fourth-order valence-corrected chi connectivity index (χ4v) is 4.38. The van der Waals surface area contributed by atoms with Crippen molar-refractivity contribution in [3.63, 3.8) is 0 Å². The highest BCUT2D eigenvalue weighted by molar-refractivity contribution is 7.99. The lowest BCUT2D eigenvalue weighted by atomic mass is 9.93. The Hall–Kier alpha value is -1.76. The van der Waals surface area contributed by atoms with Crippen LogP contribution < -0.4 is 4.90 Å². The summed E-state index contributed by atoms with van der Waals surface area (Å²) < 4.78 is 0. The van der Waals surface area contributed by atoms with Crippen molar-refractivity contribution in [2.45, 2.75) is 25.7 Å². The molecule has 1 atom stereocenters. The van der Waals surface area contributed by atoms with Crippen LogP contribution in [0, 0.1) is 5.92 Å². The predicted molar refractivity (Wildman–Crippen MR) is 110 cm³/mol. The number of hydrogen-bond acceptors (Lipinski definition) is 5. The molecule has 0 aliphatic carbocycles. The Morgan fingerprint density at radius 3 is 2.63 bits per heavy atom. The zero-order valence-corrected chi connectivity index (χ0v) is 17.0. The summed E-state index contributed by atoms with van der Waals surface area (Å²) in [6, 6.07) is 5.94. The summed E-state index contributed by atoms with van der Waals surface area (Å²) in [5, 5.41) is 0. The Morgan fingerprint density at radius 2 is 1.93 bits per heavy atom. The van der Waals surface area contributed by atoms with Crippen molar-refractivity contribution in [1.82, 2.24) is 14.8 Å². The molecule has 0 saturated carbocycles. The summed E-state index contributed by atoms with van der Waals surface area (Å²) in [5.74, 6) is 2.50. The van der Waals surface area contributed by atoms with E-state index in [1.165, 1.54) is 0 Å². The van der Waals surface area contributed by atoms with Gasteiger partial charge in [-0.15, -0.1) is 0 Å². The van der Waals surface area contributed by atoms with Gasteiger partial charge in [-0.05, 0) is 43.6 Å². The standard InChI is InChI=1S/C20H30N4O2S/c1-27-16-20(26)24-10-4-5-17(15-24)7-8-19(25)23-13-11-22(12-14-23)18-6-2-3-9-21-18/h2-3,6,9,17H,4-5,7-8,10-16H2,1H3. The van der Waals surface area contributed by atoms with Crippen LogP contribution >= 0.6 is 11.8 Å². The lowest BCUT2D eigenvalue weighted by molar-refractivity contribution is -0.132. The summed E-state index contributed by atoms with van der Waals surface area (Å²) in [4.78, 5) is 35.3. The maximum Gasteiger partial charge on any atom is 0.232 e. The number of likely N-dealkylation sites (tertiary alicyclic amines) is 1. The van der Waals surface area contributed by atoms with E-state index in [2.05, 4.69) is 9.88 Å². The quantitative estimate of drug-likeness (QED) is 0.745. The molecule has 7 heteroatoms. The van der Waals surface area contributed by atoms with Crippen molar-refractivity contribution in [3.05, 3.63) is 24.4 Å². The molecular weight excluding hydrogens is 360 g/mol. The SMILES string of the molecule is CSCC(=O)N1CCCC(CCC(=O)N2CCN(c3ccccn3)CC2)C1. The van der Waals surface area contributed by atoms with Crippen LogP contribution in [0.5, 0.6) is 0 Å². The van der Waals surface area contributed by atoms with Crippen LogP contribution in [-0.2, 0) is 9.59 Å². The van der Waals surface area contributed by atoms with Crippen molar-refractivity contribution < 1.29 is 9.59 Å². The lowest BCUT2D eigenvalue weighted by Gasteiger charge is -2.36. The number of amides is 2. The molecule has 2 amide bonds. The predicted octanol–water partition coefficient (Wildman–Crippen LogP) is 2.11. The molecule has 27 heavy (non-hydrogen) atoms. The van der Waals surface area contributed by atoms with Gasteiger partial charge in [-0.3, -0.25) is 9.59 Å². The number of anilines is 1.